The van der Waals surface area contributed by atoms with E-state index in [1.165, 1.54) is 31.4 Å². The minimum atomic E-state index is -0.254. The molecule has 1 aromatic heterocycles. The molecule has 1 saturated carbocycles. The molecule has 0 aliphatic heterocycles. The minimum absolute atomic E-state index is 0.254. The lowest BCUT2D eigenvalue weighted by molar-refractivity contribution is 0.0168. The van der Waals surface area contributed by atoms with Crippen molar-refractivity contribution >= 4 is 0 Å². The molecule has 0 bridgehead atoms. The second-order valence-corrected chi connectivity index (χ2v) is 5.66. The molecular formula is C16H20FN3O. The summed E-state index contributed by atoms with van der Waals surface area (Å²) in [6.45, 7) is 0.459. The number of ether oxygens (including phenoxy) is 1. The molecular weight excluding hydrogens is 269 g/mol. The highest BCUT2D eigenvalue weighted by atomic mass is 19.1. The van der Waals surface area contributed by atoms with Gasteiger partial charge in [-0.3, -0.25) is 0 Å². The third kappa shape index (κ3) is 3.47. The standard InChI is InChI=1S/C16H20FN3O/c1-20-16(10-18-19-20)13-7-12(8-14(17)9-13)11-21-15-5-3-2-4-6-15/h7-10,15H,2-6,11H2,1H3. The van der Waals surface area contributed by atoms with Crippen LogP contribution < -0.4 is 0 Å². The van der Waals surface area contributed by atoms with Crippen molar-refractivity contribution in [3.8, 4) is 11.3 Å². The molecule has 0 radical (unpaired) electrons. The zero-order valence-corrected chi connectivity index (χ0v) is 12.3. The molecule has 4 nitrogen and oxygen atoms in total. The van der Waals surface area contributed by atoms with Crippen LogP contribution in [0.5, 0.6) is 0 Å². The van der Waals surface area contributed by atoms with Crippen LogP contribution >= 0.6 is 0 Å². The Kier molecular flexibility index (Phi) is 4.29. The number of rotatable bonds is 4. The molecule has 0 saturated heterocycles. The van der Waals surface area contributed by atoms with E-state index in [4.69, 9.17) is 4.74 Å². The van der Waals surface area contributed by atoms with E-state index in [2.05, 4.69) is 10.3 Å². The maximum atomic E-state index is 13.8. The zero-order chi connectivity index (χ0) is 14.7. The topological polar surface area (TPSA) is 39.9 Å². The maximum Gasteiger partial charge on any atom is 0.124 e. The van der Waals surface area contributed by atoms with Gasteiger partial charge in [-0.15, -0.1) is 5.10 Å². The fraction of sp³-hybridized carbons (Fsp3) is 0.500. The molecule has 1 aliphatic carbocycles. The van der Waals surface area contributed by atoms with Crippen LogP contribution in [0.4, 0.5) is 4.39 Å². The minimum Gasteiger partial charge on any atom is -0.374 e. The highest BCUT2D eigenvalue weighted by Gasteiger charge is 2.14. The Morgan fingerprint density at radius 3 is 2.76 bits per heavy atom. The molecule has 1 aliphatic rings. The molecule has 1 aromatic carbocycles. The lowest BCUT2D eigenvalue weighted by atomic mass is 9.98. The normalized spacial score (nSPS) is 16.3. The van der Waals surface area contributed by atoms with E-state index in [9.17, 15) is 4.39 Å². The first-order valence-corrected chi connectivity index (χ1v) is 7.48. The molecule has 112 valence electrons. The van der Waals surface area contributed by atoms with E-state index in [-0.39, 0.29) is 5.82 Å². The third-order valence-electron chi connectivity index (χ3n) is 4.01. The molecule has 5 heteroatoms. The van der Waals surface area contributed by atoms with Gasteiger partial charge in [0.15, 0.2) is 0 Å². The van der Waals surface area contributed by atoms with E-state index in [0.29, 0.717) is 12.7 Å². The van der Waals surface area contributed by atoms with Crippen LogP contribution in [0, 0.1) is 5.82 Å². The molecule has 0 atom stereocenters. The van der Waals surface area contributed by atoms with Gasteiger partial charge in [-0.25, -0.2) is 9.07 Å². The number of nitrogens with zero attached hydrogens (tertiary/aromatic N) is 3. The first-order chi connectivity index (χ1) is 10.2. The molecule has 0 unspecified atom stereocenters. The van der Waals surface area contributed by atoms with Gasteiger partial charge in [0.25, 0.3) is 0 Å². The van der Waals surface area contributed by atoms with Gasteiger partial charge >= 0.3 is 0 Å². The summed E-state index contributed by atoms with van der Waals surface area (Å²) in [5, 5.41) is 7.72. The van der Waals surface area contributed by atoms with Crippen molar-refractivity contribution in [3.05, 3.63) is 35.8 Å². The highest BCUT2D eigenvalue weighted by Crippen LogP contribution is 2.24. The van der Waals surface area contributed by atoms with Crippen molar-refractivity contribution in [1.29, 1.82) is 0 Å². The lowest BCUT2D eigenvalue weighted by Crippen LogP contribution is -2.16. The van der Waals surface area contributed by atoms with E-state index in [1.54, 1.807) is 17.9 Å². The molecule has 21 heavy (non-hydrogen) atoms. The summed E-state index contributed by atoms with van der Waals surface area (Å²) in [5.41, 5.74) is 2.44. The summed E-state index contributed by atoms with van der Waals surface area (Å²) < 4.78 is 21.4. The fourth-order valence-electron chi connectivity index (χ4n) is 2.88. The predicted octanol–water partition coefficient (Wildman–Crippen LogP) is 3.47. The largest absolute Gasteiger partial charge is 0.374 e. The number of halogens is 1. The van der Waals surface area contributed by atoms with Crippen molar-refractivity contribution in [3.63, 3.8) is 0 Å². The van der Waals surface area contributed by atoms with Crippen LogP contribution in [0.2, 0.25) is 0 Å². The van der Waals surface area contributed by atoms with Gasteiger partial charge < -0.3 is 4.74 Å². The SMILES string of the molecule is Cn1nncc1-c1cc(F)cc(COC2CCCCC2)c1. The second-order valence-electron chi connectivity index (χ2n) is 5.66. The number of hydrogen-bond acceptors (Lipinski definition) is 3. The molecule has 0 amide bonds. The molecule has 0 N–H and O–H groups in total. The van der Waals surface area contributed by atoms with Crippen LogP contribution in [0.25, 0.3) is 11.3 Å². The predicted molar refractivity (Wildman–Crippen MR) is 78.1 cm³/mol. The van der Waals surface area contributed by atoms with Crippen LogP contribution in [0.1, 0.15) is 37.7 Å². The van der Waals surface area contributed by atoms with Crippen molar-refractivity contribution in [2.75, 3.05) is 0 Å². The lowest BCUT2D eigenvalue weighted by Gasteiger charge is -2.22. The quantitative estimate of drug-likeness (QED) is 0.865. The van der Waals surface area contributed by atoms with Gasteiger partial charge in [0.05, 0.1) is 24.6 Å². The third-order valence-corrected chi connectivity index (χ3v) is 4.01. The Balaban J connectivity index is 1.73. The summed E-state index contributed by atoms with van der Waals surface area (Å²) in [6.07, 6.45) is 7.97. The average Bonchev–Trinajstić information content (AvgIpc) is 2.92. The summed E-state index contributed by atoms with van der Waals surface area (Å²) in [7, 11) is 1.80. The number of benzene rings is 1. The fourth-order valence-corrected chi connectivity index (χ4v) is 2.88. The number of aryl methyl sites for hydroxylation is 1. The Bertz CT molecular complexity index is 605. The highest BCUT2D eigenvalue weighted by molar-refractivity contribution is 5.59. The zero-order valence-electron chi connectivity index (χ0n) is 12.3. The van der Waals surface area contributed by atoms with Gasteiger partial charge in [-0.2, -0.15) is 0 Å². The summed E-state index contributed by atoms with van der Waals surface area (Å²) >= 11 is 0. The second kappa shape index (κ2) is 6.35. The Labute approximate surface area is 123 Å². The van der Waals surface area contributed by atoms with Crippen molar-refractivity contribution in [2.45, 2.75) is 44.8 Å². The molecule has 1 heterocycles. The van der Waals surface area contributed by atoms with E-state index in [0.717, 1.165) is 29.7 Å². The Morgan fingerprint density at radius 2 is 2.05 bits per heavy atom. The van der Waals surface area contributed by atoms with Gasteiger partial charge in [0, 0.05) is 12.6 Å². The summed E-state index contributed by atoms with van der Waals surface area (Å²) in [4.78, 5) is 0. The number of aromatic nitrogens is 3. The van der Waals surface area contributed by atoms with E-state index >= 15 is 0 Å². The molecule has 3 rings (SSSR count). The van der Waals surface area contributed by atoms with Crippen LogP contribution in [-0.2, 0) is 18.4 Å². The van der Waals surface area contributed by atoms with Crippen molar-refractivity contribution in [2.24, 2.45) is 7.05 Å². The maximum absolute atomic E-state index is 13.8. The van der Waals surface area contributed by atoms with E-state index < -0.39 is 0 Å². The Hall–Kier alpha value is -1.75. The first kappa shape index (κ1) is 14.2. The summed E-state index contributed by atoms with van der Waals surface area (Å²) in [5.74, 6) is -0.254. The van der Waals surface area contributed by atoms with Crippen molar-refractivity contribution in [1.82, 2.24) is 15.0 Å². The van der Waals surface area contributed by atoms with Gasteiger partial charge in [0.2, 0.25) is 0 Å². The molecule has 2 aromatic rings. The van der Waals surface area contributed by atoms with Gasteiger partial charge in [-0.05, 0) is 36.6 Å². The number of hydrogen-bond donors (Lipinski definition) is 0. The van der Waals surface area contributed by atoms with Crippen LogP contribution in [0.3, 0.4) is 0 Å². The monoisotopic (exact) mass is 289 g/mol. The van der Waals surface area contributed by atoms with Gasteiger partial charge in [-0.1, -0.05) is 24.5 Å². The Morgan fingerprint density at radius 1 is 1.24 bits per heavy atom. The molecule has 0 spiro atoms. The summed E-state index contributed by atoms with van der Waals surface area (Å²) in [6, 6.07) is 4.99. The first-order valence-electron chi connectivity index (χ1n) is 7.48. The molecule has 1 fully saturated rings. The van der Waals surface area contributed by atoms with Crippen LogP contribution in [0.15, 0.2) is 24.4 Å². The van der Waals surface area contributed by atoms with Gasteiger partial charge in [0.1, 0.15) is 5.82 Å². The van der Waals surface area contributed by atoms with Crippen LogP contribution in [-0.4, -0.2) is 21.1 Å². The average molecular weight is 289 g/mol. The van der Waals surface area contributed by atoms with Crippen molar-refractivity contribution < 1.29 is 9.13 Å². The van der Waals surface area contributed by atoms with E-state index in [1.807, 2.05) is 6.07 Å². The smallest absolute Gasteiger partial charge is 0.124 e.